The zero-order valence-electron chi connectivity index (χ0n) is 11.0. The van der Waals surface area contributed by atoms with Crippen molar-refractivity contribution in [3.63, 3.8) is 0 Å². The fraction of sp³-hybridized carbons (Fsp3) is 0.538. The lowest BCUT2D eigenvalue weighted by molar-refractivity contribution is 0.0204. The molecular weight excluding hydrogens is 246 g/mol. The van der Waals surface area contributed by atoms with Gasteiger partial charge in [-0.3, -0.25) is 14.5 Å². The smallest absolute Gasteiger partial charge is 0.260 e. The monoisotopic (exact) mass is 265 g/mol. The quantitative estimate of drug-likeness (QED) is 0.792. The van der Waals surface area contributed by atoms with Crippen LogP contribution in [0.25, 0.3) is 0 Å². The van der Waals surface area contributed by atoms with Crippen LogP contribution in [0.4, 0.5) is 0 Å². The van der Waals surface area contributed by atoms with Crippen LogP contribution in [-0.2, 0) is 4.74 Å². The Hall–Kier alpha value is -1.66. The zero-order valence-corrected chi connectivity index (χ0v) is 11.0. The first-order valence-corrected chi connectivity index (χ1v) is 6.46. The summed E-state index contributed by atoms with van der Waals surface area (Å²) in [6.45, 7) is 5.80. The topological polar surface area (TPSA) is 74.4 Å². The third-order valence-electron chi connectivity index (χ3n) is 3.29. The Balaban J connectivity index is 1.86. The van der Waals surface area contributed by atoms with Gasteiger partial charge in [0.05, 0.1) is 13.2 Å². The van der Waals surface area contributed by atoms with Crippen molar-refractivity contribution in [2.75, 3.05) is 32.8 Å². The van der Waals surface area contributed by atoms with Crippen molar-refractivity contribution in [3.05, 3.63) is 34.2 Å². The van der Waals surface area contributed by atoms with Gasteiger partial charge in [-0.1, -0.05) is 0 Å². The van der Waals surface area contributed by atoms with Crippen molar-refractivity contribution in [3.8, 4) is 0 Å². The molecule has 1 aromatic rings. The Morgan fingerprint density at radius 2 is 2.26 bits per heavy atom. The fourth-order valence-electron chi connectivity index (χ4n) is 2.08. The summed E-state index contributed by atoms with van der Waals surface area (Å²) >= 11 is 0. The first-order valence-electron chi connectivity index (χ1n) is 6.46. The molecule has 1 aliphatic heterocycles. The minimum Gasteiger partial charge on any atom is -0.379 e. The molecule has 0 bridgehead atoms. The summed E-state index contributed by atoms with van der Waals surface area (Å²) in [5.41, 5.74) is -0.212. The highest BCUT2D eigenvalue weighted by atomic mass is 16.5. The van der Waals surface area contributed by atoms with Crippen molar-refractivity contribution in [1.29, 1.82) is 0 Å². The van der Waals surface area contributed by atoms with Gasteiger partial charge in [0.25, 0.3) is 11.5 Å². The van der Waals surface area contributed by atoms with Gasteiger partial charge >= 0.3 is 0 Å². The molecule has 0 aromatic carbocycles. The number of hydrogen-bond acceptors (Lipinski definition) is 4. The van der Waals surface area contributed by atoms with Crippen LogP contribution >= 0.6 is 0 Å². The van der Waals surface area contributed by atoms with E-state index in [1.807, 2.05) is 0 Å². The molecule has 1 fully saturated rings. The number of carbonyl (C=O) groups is 1. The van der Waals surface area contributed by atoms with Crippen molar-refractivity contribution < 1.29 is 9.53 Å². The van der Waals surface area contributed by atoms with Crippen LogP contribution in [0.5, 0.6) is 0 Å². The number of ether oxygens (including phenoxy) is 1. The van der Waals surface area contributed by atoms with E-state index in [-0.39, 0.29) is 23.1 Å². The van der Waals surface area contributed by atoms with E-state index in [0.29, 0.717) is 6.54 Å². The Morgan fingerprint density at radius 1 is 1.53 bits per heavy atom. The fourth-order valence-corrected chi connectivity index (χ4v) is 2.08. The summed E-state index contributed by atoms with van der Waals surface area (Å²) in [7, 11) is 0. The predicted octanol–water partition coefficient (Wildman–Crippen LogP) is -0.175. The van der Waals surface area contributed by atoms with Gasteiger partial charge in [-0.05, 0) is 19.1 Å². The molecule has 2 rings (SSSR count). The predicted molar refractivity (Wildman–Crippen MR) is 71.2 cm³/mol. The lowest BCUT2D eigenvalue weighted by Gasteiger charge is -2.32. The molecule has 0 aliphatic carbocycles. The molecule has 2 heterocycles. The van der Waals surface area contributed by atoms with E-state index in [1.165, 1.54) is 12.3 Å². The number of morpholine rings is 1. The molecule has 0 radical (unpaired) electrons. The largest absolute Gasteiger partial charge is 0.379 e. The molecule has 1 saturated heterocycles. The Morgan fingerprint density at radius 3 is 2.95 bits per heavy atom. The van der Waals surface area contributed by atoms with E-state index in [1.54, 1.807) is 6.07 Å². The molecule has 0 unspecified atom stereocenters. The normalized spacial score (nSPS) is 17.9. The van der Waals surface area contributed by atoms with Crippen LogP contribution in [-0.4, -0.2) is 54.7 Å². The van der Waals surface area contributed by atoms with Crippen LogP contribution in [0.2, 0.25) is 0 Å². The Labute approximate surface area is 111 Å². The molecule has 1 atom stereocenters. The van der Waals surface area contributed by atoms with Crippen molar-refractivity contribution in [2.24, 2.45) is 0 Å². The first-order chi connectivity index (χ1) is 9.18. The average molecular weight is 265 g/mol. The summed E-state index contributed by atoms with van der Waals surface area (Å²) in [6, 6.07) is 3.39. The van der Waals surface area contributed by atoms with Gasteiger partial charge in [-0.2, -0.15) is 0 Å². The van der Waals surface area contributed by atoms with Crippen LogP contribution in [0.1, 0.15) is 17.3 Å². The van der Waals surface area contributed by atoms with Crippen molar-refractivity contribution >= 4 is 5.91 Å². The third kappa shape index (κ3) is 3.65. The highest BCUT2D eigenvalue weighted by molar-refractivity contribution is 5.93. The lowest BCUT2D eigenvalue weighted by Crippen LogP contribution is -2.47. The molecular formula is C13H19N3O3. The van der Waals surface area contributed by atoms with Gasteiger partial charge in [-0.25, -0.2) is 0 Å². The standard InChI is InChI=1S/C13H19N3O3/c1-10(16-5-7-19-8-6-16)9-15-13(18)11-3-2-4-14-12(11)17/h2-4,10H,5-9H2,1H3,(H,14,17)(H,15,18)/t10-/m0/s1. The Kier molecular flexibility index (Phi) is 4.70. The molecule has 104 valence electrons. The third-order valence-corrected chi connectivity index (χ3v) is 3.29. The highest BCUT2D eigenvalue weighted by Gasteiger charge is 2.18. The average Bonchev–Trinajstić information content (AvgIpc) is 2.46. The second kappa shape index (κ2) is 6.49. The molecule has 1 aliphatic rings. The SMILES string of the molecule is C[C@@H](CNC(=O)c1ccc[nH]c1=O)N1CCOCC1. The van der Waals surface area contributed by atoms with E-state index in [9.17, 15) is 9.59 Å². The summed E-state index contributed by atoms with van der Waals surface area (Å²) in [5.74, 6) is -0.332. The maximum Gasteiger partial charge on any atom is 0.260 e. The van der Waals surface area contributed by atoms with Crippen molar-refractivity contribution in [2.45, 2.75) is 13.0 Å². The maximum absolute atomic E-state index is 11.9. The van der Waals surface area contributed by atoms with E-state index >= 15 is 0 Å². The minimum absolute atomic E-state index is 0.150. The summed E-state index contributed by atoms with van der Waals surface area (Å²) in [4.78, 5) is 28.1. The number of nitrogens with one attached hydrogen (secondary N) is 2. The number of carbonyl (C=O) groups excluding carboxylic acids is 1. The molecule has 2 N–H and O–H groups in total. The minimum atomic E-state index is -0.362. The lowest BCUT2D eigenvalue weighted by atomic mass is 10.2. The van der Waals surface area contributed by atoms with Crippen LogP contribution in [0.3, 0.4) is 0 Å². The molecule has 1 aromatic heterocycles. The second-order valence-corrected chi connectivity index (χ2v) is 4.62. The molecule has 6 heteroatoms. The molecule has 19 heavy (non-hydrogen) atoms. The Bertz CT molecular complexity index is 480. The van der Waals surface area contributed by atoms with Crippen LogP contribution in [0, 0.1) is 0 Å². The molecule has 6 nitrogen and oxygen atoms in total. The van der Waals surface area contributed by atoms with Gasteiger partial charge in [0.2, 0.25) is 0 Å². The van der Waals surface area contributed by atoms with Gasteiger partial charge in [0.1, 0.15) is 5.56 Å². The van der Waals surface area contributed by atoms with E-state index in [2.05, 4.69) is 22.1 Å². The number of aromatic amines is 1. The number of hydrogen-bond donors (Lipinski definition) is 2. The van der Waals surface area contributed by atoms with Crippen LogP contribution in [0.15, 0.2) is 23.1 Å². The number of aromatic nitrogens is 1. The summed E-state index contributed by atoms with van der Waals surface area (Å²) in [5, 5.41) is 2.80. The van der Waals surface area contributed by atoms with E-state index in [0.717, 1.165) is 26.3 Å². The van der Waals surface area contributed by atoms with Gasteiger partial charge in [0.15, 0.2) is 0 Å². The summed E-state index contributed by atoms with van der Waals surface area (Å²) in [6.07, 6.45) is 1.51. The van der Waals surface area contributed by atoms with Gasteiger partial charge < -0.3 is 15.0 Å². The zero-order chi connectivity index (χ0) is 13.7. The van der Waals surface area contributed by atoms with Gasteiger partial charge in [-0.15, -0.1) is 0 Å². The van der Waals surface area contributed by atoms with E-state index < -0.39 is 0 Å². The molecule has 0 spiro atoms. The maximum atomic E-state index is 11.9. The second-order valence-electron chi connectivity index (χ2n) is 4.62. The van der Waals surface area contributed by atoms with Crippen LogP contribution < -0.4 is 10.9 Å². The van der Waals surface area contributed by atoms with Gasteiger partial charge in [0, 0.05) is 31.9 Å². The summed E-state index contributed by atoms with van der Waals surface area (Å²) < 4.78 is 5.29. The molecule has 0 saturated carbocycles. The number of H-pyrrole nitrogens is 1. The number of pyridine rings is 1. The van der Waals surface area contributed by atoms with E-state index in [4.69, 9.17) is 4.74 Å². The number of nitrogens with zero attached hydrogens (tertiary/aromatic N) is 1. The number of rotatable bonds is 4. The molecule has 1 amide bonds. The first kappa shape index (κ1) is 13.8. The number of amides is 1. The van der Waals surface area contributed by atoms with Crippen molar-refractivity contribution in [1.82, 2.24) is 15.2 Å². The highest BCUT2D eigenvalue weighted by Crippen LogP contribution is 2.02.